The van der Waals surface area contributed by atoms with Crippen molar-refractivity contribution < 1.29 is 0 Å². The first-order valence-electron chi connectivity index (χ1n) is 5.06. The summed E-state index contributed by atoms with van der Waals surface area (Å²) >= 11 is 1.46. The highest BCUT2D eigenvalue weighted by atomic mass is 32.2. The largest absolute Gasteiger partial charge is 0.384 e. The smallest absolute Gasteiger partial charge is 0.123 e. The third-order valence-electron chi connectivity index (χ3n) is 2.18. The number of nitrogens with zero attached hydrogens (tertiary/aromatic N) is 2. The predicted molar refractivity (Wildman–Crippen MR) is 68.4 cm³/mol. The van der Waals surface area contributed by atoms with E-state index in [1.807, 2.05) is 25.1 Å². The fraction of sp³-hybridized carbons (Fsp3) is 0.0833. The first kappa shape index (κ1) is 11.6. The molecular weight excluding hydrogens is 232 g/mol. The Bertz CT molecular complexity index is 539. The number of aromatic nitrogens is 2. The second-order valence-electron chi connectivity index (χ2n) is 3.56. The quantitative estimate of drug-likeness (QED) is 0.641. The molecule has 86 valence electrons. The summed E-state index contributed by atoms with van der Waals surface area (Å²) in [4.78, 5) is 9.11. The molecule has 0 spiro atoms. The fourth-order valence-electron chi connectivity index (χ4n) is 1.39. The number of hydrogen-bond acceptors (Lipinski definition) is 4. The van der Waals surface area contributed by atoms with Crippen LogP contribution in [0.2, 0.25) is 0 Å². The summed E-state index contributed by atoms with van der Waals surface area (Å²) in [6.45, 7) is 1.98. The van der Waals surface area contributed by atoms with Crippen molar-refractivity contribution in [1.29, 1.82) is 5.41 Å². The van der Waals surface area contributed by atoms with Gasteiger partial charge in [-0.15, -0.1) is 0 Å². The van der Waals surface area contributed by atoms with Gasteiger partial charge in [0.1, 0.15) is 10.9 Å². The Hall–Kier alpha value is -1.88. The van der Waals surface area contributed by atoms with Crippen LogP contribution in [0.5, 0.6) is 0 Å². The molecule has 5 heteroatoms. The molecule has 0 bridgehead atoms. The number of amidine groups is 1. The van der Waals surface area contributed by atoms with Gasteiger partial charge in [-0.3, -0.25) is 10.4 Å². The molecule has 4 nitrogen and oxygen atoms in total. The number of nitrogens with one attached hydrogen (secondary N) is 1. The van der Waals surface area contributed by atoms with Crippen molar-refractivity contribution in [1.82, 2.24) is 9.97 Å². The van der Waals surface area contributed by atoms with Crippen molar-refractivity contribution >= 4 is 17.6 Å². The van der Waals surface area contributed by atoms with Crippen molar-refractivity contribution in [3.8, 4) is 0 Å². The molecular formula is C12H12N4S. The van der Waals surface area contributed by atoms with Crippen molar-refractivity contribution in [2.45, 2.75) is 16.8 Å². The Labute approximate surface area is 104 Å². The zero-order chi connectivity index (χ0) is 12.3. The molecule has 3 N–H and O–H groups in total. The van der Waals surface area contributed by atoms with Gasteiger partial charge in [0.25, 0.3) is 0 Å². The summed E-state index contributed by atoms with van der Waals surface area (Å²) < 4.78 is 0. The third-order valence-corrected chi connectivity index (χ3v) is 3.18. The number of nitrogens with two attached hydrogens (primary N) is 1. The van der Waals surface area contributed by atoms with E-state index in [9.17, 15) is 0 Å². The maximum atomic E-state index is 7.57. The topological polar surface area (TPSA) is 75.7 Å². The van der Waals surface area contributed by atoms with E-state index in [0.29, 0.717) is 0 Å². The van der Waals surface area contributed by atoms with Crippen LogP contribution in [0.1, 0.15) is 11.1 Å². The lowest BCUT2D eigenvalue weighted by Gasteiger charge is -2.08. The molecule has 0 amide bonds. The minimum Gasteiger partial charge on any atom is -0.384 e. The maximum Gasteiger partial charge on any atom is 0.123 e. The van der Waals surface area contributed by atoms with E-state index >= 15 is 0 Å². The second-order valence-corrected chi connectivity index (χ2v) is 4.62. The highest BCUT2D eigenvalue weighted by Gasteiger charge is 2.08. The van der Waals surface area contributed by atoms with Gasteiger partial charge in [-0.25, -0.2) is 4.98 Å². The Morgan fingerprint density at radius 2 is 2.18 bits per heavy atom. The lowest BCUT2D eigenvalue weighted by atomic mass is 10.1. The monoisotopic (exact) mass is 244 g/mol. The van der Waals surface area contributed by atoms with Crippen LogP contribution in [0.4, 0.5) is 0 Å². The fourth-order valence-corrected chi connectivity index (χ4v) is 2.26. The second kappa shape index (κ2) is 4.97. The summed E-state index contributed by atoms with van der Waals surface area (Å²) in [5, 5.41) is 8.36. The number of rotatable bonds is 3. The van der Waals surface area contributed by atoms with Gasteiger partial charge in [0.05, 0.1) is 6.20 Å². The van der Waals surface area contributed by atoms with Crippen LogP contribution >= 0.6 is 11.8 Å². The zero-order valence-corrected chi connectivity index (χ0v) is 10.2. The van der Waals surface area contributed by atoms with Gasteiger partial charge in [0, 0.05) is 22.9 Å². The predicted octanol–water partition coefficient (Wildman–Crippen LogP) is 2.22. The van der Waals surface area contributed by atoms with Gasteiger partial charge in [0.15, 0.2) is 0 Å². The molecule has 2 rings (SSSR count). The molecule has 17 heavy (non-hydrogen) atoms. The van der Waals surface area contributed by atoms with Crippen LogP contribution in [0, 0.1) is 12.3 Å². The Morgan fingerprint density at radius 1 is 1.35 bits per heavy atom. The lowest BCUT2D eigenvalue weighted by molar-refractivity contribution is 1.05. The van der Waals surface area contributed by atoms with Crippen molar-refractivity contribution in [3.05, 3.63) is 47.9 Å². The van der Waals surface area contributed by atoms with Crippen LogP contribution in [0.15, 0.2) is 46.7 Å². The average Bonchev–Trinajstić information content (AvgIpc) is 2.32. The van der Waals surface area contributed by atoms with Gasteiger partial charge >= 0.3 is 0 Å². The highest BCUT2D eigenvalue weighted by Crippen LogP contribution is 2.28. The minimum absolute atomic E-state index is 0.0695. The van der Waals surface area contributed by atoms with E-state index in [-0.39, 0.29) is 5.84 Å². The van der Waals surface area contributed by atoms with E-state index in [2.05, 4.69) is 9.97 Å². The van der Waals surface area contributed by atoms with E-state index in [1.54, 1.807) is 18.6 Å². The summed E-state index contributed by atoms with van der Waals surface area (Å²) in [6.07, 6.45) is 4.96. The zero-order valence-electron chi connectivity index (χ0n) is 9.34. The molecule has 2 aromatic rings. The van der Waals surface area contributed by atoms with Crippen LogP contribution < -0.4 is 5.73 Å². The SMILES string of the molecule is Cc1ccc(Sc2cnccn2)c(C(=N)N)c1. The summed E-state index contributed by atoms with van der Waals surface area (Å²) in [5.74, 6) is 0.0695. The Balaban J connectivity index is 2.36. The molecule has 1 aromatic heterocycles. The molecule has 0 fully saturated rings. The van der Waals surface area contributed by atoms with E-state index in [4.69, 9.17) is 11.1 Å². The van der Waals surface area contributed by atoms with E-state index in [0.717, 1.165) is 21.0 Å². The van der Waals surface area contributed by atoms with Gasteiger partial charge in [-0.2, -0.15) is 0 Å². The van der Waals surface area contributed by atoms with Crippen LogP contribution in [-0.4, -0.2) is 15.8 Å². The molecule has 1 aromatic carbocycles. The summed E-state index contributed by atoms with van der Waals surface area (Å²) in [5.41, 5.74) is 7.39. The number of aryl methyl sites for hydroxylation is 1. The molecule has 1 heterocycles. The van der Waals surface area contributed by atoms with Gasteiger partial charge in [-0.1, -0.05) is 23.4 Å². The minimum atomic E-state index is 0.0695. The van der Waals surface area contributed by atoms with E-state index in [1.165, 1.54) is 11.8 Å². The average molecular weight is 244 g/mol. The van der Waals surface area contributed by atoms with Gasteiger partial charge < -0.3 is 5.73 Å². The van der Waals surface area contributed by atoms with Crippen molar-refractivity contribution in [2.24, 2.45) is 5.73 Å². The van der Waals surface area contributed by atoms with Crippen LogP contribution in [0.3, 0.4) is 0 Å². The first-order valence-corrected chi connectivity index (χ1v) is 5.87. The summed E-state index contributed by atoms with van der Waals surface area (Å²) in [6, 6.07) is 5.84. The molecule has 0 aliphatic heterocycles. The molecule has 0 saturated heterocycles. The molecule has 0 aliphatic rings. The Morgan fingerprint density at radius 3 is 2.82 bits per heavy atom. The molecule has 0 unspecified atom stereocenters. The molecule has 0 atom stereocenters. The van der Waals surface area contributed by atoms with Crippen molar-refractivity contribution in [2.75, 3.05) is 0 Å². The number of benzene rings is 1. The van der Waals surface area contributed by atoms with E-state index < -0.39 is 0 Å². The third kappa shape index (κ3) is 2.82. The molecule has 0 radical (unpaired) electrons. The number of hydrogen-bond donors (Lipinski definition) is 2. The van der Waals surface area contributed by atoms with Gasteiger partial charge in [-0.05, 0) is 19.1 Å². The standard InChI is InChI=1S/C12H12N4S/c1-8-2-3-10(9(6-8)12(13)14)17-11-7-15-4-5-16-11/h2-7H,1H3,(H3,13,14). The first-order chi connectivity index (χ1) is 8.16. The van der Waals surface area contributed by atoms with Crippen LogP contribution in [-0.2, 0) is 0 Å². The van der Waals surface area contributed by atoms with Crippen molar-refractivity contribution in [3.63, 3.8) is 0 Å². The maximum absolute atomic E-state index is 7.57. The highest BCUT2D eigenvalue weighted by molar-refractivity contribution is 7.99. The van der Waals surface area contributed by atoms with Crippen LogP contribution in [0.25, 0.3) is 0 Å². The van der Waals surface area contributed by atoms with Gasteiger partial charge in [0.2, 0.25) is 0 Å². The molecule has 0 aliphatic carbocycles. The molecule has 0 saturated carbocycles. The summed E-state index contributed by atoms with van der Waals surface area (Å²) in [7, 11) is 0. The lowest BCUT2D eigenvalue weighted by Crippen LogP contribution is -2.12. The normalized spacial score (nSPS) is 10.2. The Kier molecular flexibility index (Phi) is 3.39. The number of nitrogen functional groups attached to an aromatic ring is 1.